The van der Waals surface area contributed by atoms with Gasteiger partial charge in [-0.25, -0.2) is 0 Å². The van der Waals surface area contributed by atoms with Crippen LogP contribution in [0.25, 0.3) is 0 Å². The molecular weight excluding hydrogens is 1230 g/mol. The Balaban J connectivity index is 0.000000535. The van der Waals surface area contributed by atoms with Crippen LogP contribution < -0.4 is 57.2 Å². The Morgan fingerprint density at radius 3 is 1.05 bits per heavy atom. The molecule has 0 saturated heterocycles. The number of alkyl halides is 3. The molecular formula is C61H73B8F3O20S. The Bertz CT molecular complexity index is 3370. The van der Waals surface area contributed by atoms with Crippen molar-refractivity contribution in [3.63, 3.8) is 0 Å². The third-order valence-electron chi connectivity index (χ3n) is 11.7. The Kier molecular flexibility index (Phi) is 39.3. The van der Waals surface area contributed by atoms with Crippen molar-refractivity contribution in [3.8, 4) is 23.0 Å². The molecule has 16 N–H and O–H groups in total. The standard InChI is InChI=1S/C12H11BO3.C10H15BO2.C7H6BF3O3.C7H9BO3.C7H7BO3.C7H9BO2.C6H7BO2.C4H5BO2S.CH4/c14-13(15)10-6-8-12(9-7-10)16-11-4-2-1-3-5-11;1-10(2,3)8-4-6-9(7-5-8)11(12)13;9-7(10,11)14-6-3-1-5(2-4-6)8(12)13;1-11-7-4-2-6(3-5-7)8(9)10;9-5-6-2-1-3-7(4-6)8(10)11;1-6-2-4-7(5-3-6)8(9)10;8-7(9)6-4-2-1-3-5-6;6-5(7)4-2-1-3-8-4;/h1-9,14-15H;4-7,12-13H,1-3H3;1-4,12-13H;2-5,9-10H,1H3;1-5,10-11H;2-5,9-10H,1H3;1-5,8-9H;1-3,6-7H;1H4. The largest absolute Gasteiger partial charge is 0.573 e. The molecule has 0 aliphatic rings. The molecule has 32 heteroatoms. The highest BCUT2D eigenvalue weighted by atomic mass is 32.1. The second kappa shape index (κ2) is 43.9. The maximum Gasteiger partial charge on any atom is 0.573 e. The number of hydrogen-bond acceptors (Lipinski definition) is 21. The van der Waals surface area contributed by atoms with Gasteiger partial charge in [0.1, 0.15) is 29.3 Å². The van der Waals surface area contributed by atoms with Crippen LogP contribution >= 0.6 is 11.3 Å². The molecule has 0 amide bonds. The highest BCUT2D eigenvalue weighted by Crippen LogP contribution is 2.23. The SMILES string of the molecule is C.CC(C)(C)c1ccc(B(O)O)cc1.COc1ccc(B(O)O)cc1.Cc1ccc(B(O)O)cc1.O=Cc1cccc(B(O)O)c1.OB(O)c1ccc(OC(F)(F)F)cc1.OB(O)c1ccc(Oc2ccccc2)cc1.OB(O)c1ccccc1.OB(O)c1cccs1. The average molecular weight is 1300 g/mol. The molecule has 20 nitrogen and oxygen atoms in total. The quantitative estimate of drug-likeness (QED) is 0.0523. The number of thiophene rings is 1. The maximum atomic E-state index is 11.7. The lowest BCUT2D eigenvalue weighted by atomic mass is 9.78. The van der Waals surface area contributed by atoms with Crippen molar-refractivity contribution in [2.45, 2.75) is 46.9 Å². The summed E-state index contributed by atoms with van der Waals surface area (Å²) in [7, 11) is -9.84. The third-order valence-corrected chi connectivity index (χ3v) is 12.6. The van der Waals surface area contributed by atoms with Gasteiger partial charge < -0.3 is 94.6 Å². The second-order valence-electron chi connectivity index (χ2n) is 19.9. The highest BCUT2D eigenvalue weighted by Gasteiger charge is 2.31. The van der Waals surface area contributed by atoms with Crippen molar-refractivity contribution in [2.24, 2.45) is 0 Å². The van der Waals surface area contributed by atoms with Gasteiger partial charge in [-0.05, 0) is 110 Å². The van der Waals surface area contributed by atoms with E-state index in [9.17, 15) is 18.0 Å². The predicted octanol–water partition coefficient (Wildman–Crippen LogP) is -0.253. The molecule has 0 radical (unpaired) electrons. The summed E-state index contributed by atoms with van der Waals surface area (Å²) in [5, 5.41) is 141. The van der Waals surface area contributed by atoms with Crippen LogP contribution in [0.5, 0.6) is 23.0 Å². The van der Waals surface area contributed by atoms with Crippen LogP contribution in [-0.4, -0.2) is 157 Å². The fourth-order valence-corrected chi connectivity index (χ4v) is 7.29. The number of carbonyl (C=O) groups is 1. The van der Waals surface area contributed by atoms with Crippen molar-refractivity contribution < 1.29 is 113 Å². The smallest absolute Gasteiger partial charge is 0.497 e. The molecule has 8 aromatic carbocycles. The number of rotatable bonds is 13. The van der Waals surface area contributed by atoms with Gasteiger partial charge in [-0.1, -0.05) is 204 Å². The van der Waals surface area contributed by atoms with Crippen LogP contribution in [0.15, 0.2) is 224 Å². The first-order valence-corrected chi connectivity index (χ1v) is 28.2. The zero-order valence-electron chi connectivity index (χ0n) is 50.4. The lowest BCUT2D eigenvalue weighted by Gasteiger charge is -2.19. The van der Waals surface area contributed by atoms with Crippen molar-refractivity contribution in [1.29, 1.82) is 0 Å². The second-order valence-corrected chi connectivity index (χ2v) is 20.8. The summed E-state index contributed by atoms with van der Waals surface area (Å²) in [6.45, 7) is 8.32. The Hall–Kier alpha value is -7.80. The molecule has 93 heavy (non-hydrogen) atoms. The summed E-state index contributed by atoms with van der Waals surface area (Å²) < 4.78 is 49.6. The van der Waals surface area contributed by atoms with Crippen LogP contribution in [0.4, 0.5) is 13.2 Å². The number of ether oxygens (including phenoxy) is 3. The first kappa shape index (κ1) is 83.2. The molecule has 0 unspecified atom stereocenters. The number of aldehydes is 1. The summed E-state index contributed by atoms with van der Waals surface area (Å²) in [4.78, 5) is 10.2. The molecule has 0 aliphatic carbocycles. The van der Waals surface area contributed by atoms with Crippen LogP contribution in [0.1, 0.15) is 49.7 Å². The summed E-state index contributed by atoms with van der Waals surface area (Å²) in [5.74, 6) is 1.71. The van der Waals surface area contributed by atoms with Gasteiger partial charge in [0.2, 0.25) is 0 Å². The predicted molar refractivity (Wildman–Crippen MR) is 363 cm³/mol. The van der Waals surface area contributed by atoms with Crippen molar-refractivity contribution in [3.05, 3.63) is 240 Å². The van der Waals surface area contributed by atoms with Crippen LogP contribution in [0.3, 0.4) is 0 Å². The minimum Gasteiger partial charge on any atom is -0.497 e. The van der Waals surface area contributed by atoms with Gasteiger partial charge in [-0.15, -0.1) is 13.2 Å². The summed E-state index contributed by atoms with van der Waals surface area (Å²) in [5.41, 5.74) is 5.78. The number of carbonyl (C=O) groups excluding carboxylic acids is 1. The lowest BCUT2D eigenvalue weighted by molar-refractivity contribution is -0.274. The first-order chi connectivity index (χ1) is 43.3. The van der Waals surface area contributed by atoms with E-state index in [0.717, 1.165) is 35.6 Å². The van der Waals surface area contributed by atoms with Gasteiger partial charge in [0.05, 0.1) is 7.11 Å². The number of methoxy groups -OCH3 is 1. The van der Waals surface area contributed by atoms with E-state index in [-0.39, 0.29) is 18.3 Å². The Labute approximate surface area is 545 Å². The topological polar surface area (TPSA) is 368 Å². The Morgan fingerprint density at radius 1 is 0.387 bits per heavy atom. The van der Waals surface area contributed by atoms with Gasteiger partial charge in [0.25, 0.3) is 0 Å². The number of para-hydroxylation sites is 1. The van der Waals surface area contributed by atoms with E-state index in [0.29, 0.717) is 60.9 Å². The minimum absolute atomic E-state index is 0. The lowest BCUT2D eigenvalue weighted by Crippen LogP contribution is -2.29. The van der Waals surface area contributed by atoms with Gasteiger partial charge in [0.15, 0.2) is 0 Å². The van der Waals surface area contributed by atoms with E-state index in [1.807, 2.05) is 67.6 Å². The van der Waals surface area contributed by atoms with Crippen LogP contribution in [0, 0.1) is 6.92 Å². The zero-order chi connectivity index (χ0) is 69.0. The summed E-state index contributed by atoms with van der Waals surface area (Å²) in [6.07, 6.45) is -4.08. The number of aryl methyl sites for hydroxylation is 1. The van der Waals surface area contributed by atoms with E-state index in [2.05, 4.69) is 25.5 Å². The fourth-order valence-electron chi connectivity index (χ4n) is 6.70. The van der Waals surface area contributed by atoms with E-state index in [1.165, 1.54) is 29.0 Å². The maximum absolute atomic E-state index is 11.7. The van der Waals surface area contributed by atoms with E-state index in [1.54, 1.807) is 134 Å². The molecule has 0 aliphatic heterocycles. The van der Waals surface area contributed by atoms with Gasteiger partial charge >= 0.3 is 63.3 Å². The molecule has 9 rings (SSSR count). The molecule has 0 bridgehead atoms. The highest BCUT2D eigenvalue weighted by molar-refractivity contribution is 7.20. The number of benzene rings is 8. The molecule has 0 fully saturated rings. The molecule has 488 valence electrons. The average Bonchev–Trinajstić information content (AvgIpc) is 2.66. The Morgan fingerprint density at radius 2 is 0.731 bits per heavy atom. The van der Waals surface area contributed by atoms with E-state index >= 15 is 0 Å². The number of halogens is 3. The van der Waals surface area contributed by atoms with Gasteiger partial charge in [0, 0.05) is 10.3 Å². The van der Waals surface area contributed by atoms with Crippen molar-refractivity contribution in [2.75, 3.05) is 7.11 Å². The van der Waals surface area contributed by atoms with E-state index < -0.39 is 69.1 Å². The molecule has 0 atom stereocenters. The molecule has 1 aromatic heterocycles. The van der Waals surface area contributed by atoms with Gasteiger partial charge in [-0.3, -0.25) is 4.79 Å². The van der Waals surface area contributed by atoms with Gasteiger partial charge in [-0.2, -0.15) is 11.3 Å². The molecule has 9 aromatic rings. The zero-order valence-corrected chi connectivity index (χ0v) is 51.2. The monoisotopic (exact) mass is 1300 g/mol. The van der Waals surface area contributed by atoms with Crippen LogP contribution in [0.2, 0.25) is 0 Å². The normalized spacial score (nSPS) is 9.89. The molecule has 0 saturated carbocycles. The third kappa shape index (κ3) is 35.7. The number of hydrogen-bond donors (Lipinski definition) is 16. The molecule has 1 heterocycles. The first-order valence-electron chi connectivity index (χ1n) is 27.4. The van der Waals surface area contributed by atoms with Crippen molar-refractivity contribution >= 4 is 118 Å². The van der Waals surface area contributed by atoms with E-state index in [4.69, 9.17) is 89.9 Å². The minimum atomic E-state index is -4.74. The molecule has 0 spiro atoms. The van der Waals surface area contributed by atoms with Crippen molar-refractivity contribution in [1.82, 2.24) is 0 Å². The fraction of sp³-hybridized carbons (Fsp3) is 0.131. The summed E-state index contributed by atoms with van der Waals surface area (Å²) in [6, 6.07) is 59.5. The summed E-state index contributed by atoms with van der Waals surface area (Å²) >= 11 is 1.33. The van der Waals surface area contributed by atoms with Crippen LogP contribution in [-0.2, 0) is 5.41 Å².